The minimum Gasteiger partial charge on any atom is -0.507 e. The Morgan fingerprint density at radius 1 is 1.12 bits per heavy atom. The van der Waals surface area contributed by atoms with E-state index in [0.717, 1.165) is 31.5 Å². The average molecular weight is 369 g/mol. The van der Waals surface area contributed by atoms with Crippen LogP contribution in [0.4, 0.5) is 0 Å². The average Bonchev–Trinajstić information content (AvgIpc) is 2.70. The van der Waals surface area contributed by atoms with Crippen molar-refractivity contribution in [3.8, 4) is 11.5 Å². The molecular weight excluding hydrogens is 346 g/mol. The highest BCUT2D eigenvalue weighted by molar-refractivity contribution is 7.80. The van der Waals surface area contributed by atoms with E-state index in [2.05, 4.69) is 15.4 Å². The summed E-state index contributed by atoms with van der Waals surface area (Å²) in [5.41, 5.74) is 5.15. The van der Waals surface area contributed by atoms with Crippen LogP contribution in [0.25, 0.3) is 0 Å². The maximum Gasteiger partial charge on any atom is 0.189 e. The molecule has 0 amide bonds. The summed E-state index contributed by atoms with van der Waals surface area (Å²) in [6.07, 6.45) is 3.55. The largest absolute Gasteiger partial charge is 0.507 e. The summed E-state index contributed by atoms with van der Waals surface area (Å²) >= 11 is 5.49. The minimum atomic E-state index is 0.109. The number of hydrogen-bond acceptors (Lipinski definition) is 4. The number of piperidine rings is 1. The summed E-state index contributed by atoms with van der Waals surface area (Å²) in [6.45, 7) is 1.91. The van der Waals surface area contributed by atoms with Gasteiger partial charge in [0, 0.05) is 30.3 Å². The summed E-state index contributed by atoms with van der Waals surface area (Å²) < 4.78 is 5.17. The summed E-state index contributed by atoms with van der Waals surface area (Å²) in [5, 5.41) is 15.6. The van der Waals surface area contributed by atoms with Gasteiger partial charge in [-0.3, -0.25) is 5.43 Å². The molecule has 1 heterocycles. The Bertz CT molecular complexity index is 787. The highest BCUT2D eigenvalue weighted by atomic mass is 32.1. The van der Waals surface area contributed by atoms with Crippen molar-refractivity contribution in [3.63, 3.8) is 0 Å². The number of ether oxygens (including phenoxy) is 1. The number of phenols is 1. The van der Waals surface area contributed by atoms with Crippen molar-refractivity contribution >= 4 is 23.0 Å². The standard InChI is InChI=1S/C20H23N3O2S/c1-25-16-10-11-17(18(24)14-16)19(15-8-4-2-5-9-15)21-22-20(26)23-12-6-3-7-13-23/h2,4-5,8-11,14,24H,3,6-7,12-13H2,1H3,(H,22,26)/b21-19+. The second-order valence-electron chi connectivity index (χ2n) is 6.17. The molecule has 0 spiro atoms. The van der Waals surface area contributed by atoms with Crippen molar-refractivity contribution in [1.29, 1.82) is 0 Å². The number of benzene rings is 2. The minimum absolute atomic E-state index is 0.109. The molecule has 1 aliphatic heterocycles. The molecule has 1 saturated heterocycles. The molecule has 2 aromatic rings. The number of rotatable bonds is 4. The number of hydrogen-bond donors (Lipinski definition) is 2. The molecule has 0 bridgehead atoms. The van der Waals surface area contributed by atoms with E-state index in [1.54, 1.807) is 25.3 Å². The zero-order chi connectivity index (χ0) is 18.4. The lowest BCUT2D eigenvalue weighted by molar-refractivity contribution is 0.338. The molecule has 1 aliphatic rings. The van der Waals surface area contributed by atoms with E-state index in [-0.39, 0.29) is 5.75 Å². The number of phenolic OH excluding ortho intramolecular Hbond substituents is 1. The van der Waals surface area contributed by atoms with Gasteiger partial charge in [-0.1, -0.05) is 30.3 Å². The van der Waals surface area contributed by atoms with Crippen LogP contribution in [0.3, 0.4) is 0 Å². The SMILES string of the molecule is COc1ccc(/C(=N/NC(=S)N2CCCCC2)c2ccccc2)c(O)c1. The molecule has 1 fully saturated rings. The highest BCUT2D eigenvalue weighted by Crippen LogP contribution is 2.26. The lowest BCUT2D eigenvalue weighted by atomic mass is 10.0. The van der Waals surface area contributed by atoms with Gasteiger partial charge < -0.3 is 14.7 Å². The molecule has 0 saturated carbocycles. The van der Waals surface area contributed by atoms with Crippen molar-refractivity contribution in [1.82, 2.24) is 10.3 Å². The molecule has 2 aromatic carbocycles. The van der Waals surface area contributed by atoms with Gasteiger partial charge in [-0.05, 0) is 43.6 Å². The Hall–Kier alpha value is -2.60. The molecule has 2 N–H and O–H groups in total. The molecular formula is C20H23N3O2S. The van der Waals surface area contributed by atoms with E-state index in [1.807, 2.05) is 30.3 Å². The zero-order valence-electron chi connectivity index (χ0n) is 14.8. The van der Waals surface area contributed by atoms with Crippen LogP contribution in [-0.2, 0) is 0 Å². The molecule has 0 radical (unpaired) electrons. The Labute approximate surface area is 159 Å². The Kier molecular flexibility index (Phi) is 6.07. The van der Waals surface area contributed by atoms with Gasteiger partial charge in [0.25, 0.3) is 0 Å². The van der Waals surface area contributed by atoms with Gasteiger partial charge in [0.2, 0.25) is 0 Å². The van der Waals surface area contributed by atoms with Crippen molar-refractivity contribution in [2.45, 2.75) is 19.3 Å². The number of likely N-dealkylation sites (tertiary alicyclic amines) is 1. The van der Waals surface area contributed by atoms with E-state index in [0.29, 0.717) is 22.1 Å². The van der Waals surface area contributed by atoms with Crippen molar-refractivity contribution in [3.05, 3.63) is 59.7 Å². The third kappa shape index (κ3) is 4.32. The number of methoxy groups -OCH3 is 1. The number of hydrazone groups is 1. The highest BCUT2D eigenvalue weighted by Gasteiger charge is 2.15. The molecule has 0 aliphatic carbocycles. The van der Waals surface area contributed by atoms with Crippen LogP contribution in [0, 0.1) is 0 Å². The van der Waals surface area contributed by atoms with Crippen LogP contribution in [0.2, 0.25) is 0 Å². The van der Waals surface area contributed by atoms with E-state index in [4.69, 9.17) is 17.0 Å². The van der Waals surface area contributed by atoms with E-state index in [9.17, 15) is 5.11 Å². The first-order chi connectivity index (χ1) is 12.7. The fourth-order valence-corrected chi connectivity index (χ4v) is 3.21. The molecule has 26 heavy (non-hydrogen) atoms. The van der Waals surface area contributed by atoms with Crippen LogP contribution in [0.15, 0.2) is 53.6 Å². The Balaban J connectivity index is 1.90. The zero-order valence-corrected chi connectivity index (χ0v) is 15.6. The van der Waals surface area contributed by atoms with Gasteiger partial charge in [-0.2, -0.15) is 5.10 Å². The Morgan fingerprint density at radius 2 is 1.85 bits per heavy atom. The van der Waals surface area contributed by atoms with Crippen molar-refractivity contribution in [2.75, 3.05) is 20.2 Å². The summed E-state index contributed by atoms with van der Waals surface area (Å²) in [4.78, 5) is 2.14. The van der Waals surface area contributed by atoms with Crippen molar-refractivity contribution in [2.24, 2.45) is 5.10 Å². The van der Waals surface area contributed by atoms with Crippen LogP contribution in [0.5, 0.6) is 11.5 Å². The Morgan fingerprint density at radius 3 is 2.50 bits per heavy atom. The first kappa shape index (κ1) is 18.2. The number of nitrogens with one attached hydrogen (secondary N) is 1. The van der Waals surface area contributed by atoms with Gasteiger partial charge in [-0.25, -0.2) is 0 Å². The van der Waals surface area contributed by atoms with Gasteiger partial charge in [0.15, 0.2) is 5.11 Å². The second-order valence-corrected chi connectivity index (χ2v) is 6.56. The second kappa shape index (κ2) is 8.67. The monoisotopic (exact) mass is 369 g/mol. The molecule has 0 aromatic heterocycles. The maximum atomic E-state index is 10.4. The third-order valence-electron chi connectivity index (χ3n) is 4.41. The number of aromatic hydroxyl groups is 1. The fraction of sp³-hybridized carbons (Fsp3) is 0.300. The predicted molar refractivity (Wildman–Crippen MR) is 108 cm³/mol. The summed E-state index contributed by atoms with van der Waals surface area (Å²) in [7, 11) is 1.57. The topological polar surface area (TPSA) is 57.1 Å². The summed E-state index contributed by atoms with van der Waals surface area (Å²) in [6, 6.07) is 14.9. The molecule has 0 unspecified atom stereocenters. The predicted octanol–water partition coefficient (Wildman–Crippen LogP) is 3.51. The number of nitrogens with zero attached hydrogens (tertiary/aromatic N) is 2. The molecule has 0 atom stereocenters. The quantitative estimate of drug-likeness (QED) is 0.491. The van der Waals surface area contributed by atoms with E-state index < -0.39 is 0 Å². The van der Waals surface area contributed by atoms with Gasteiger partial charge in [-0.15, -0.1) is 0 Å². The van der Waals surface area contributed by atoms with Crippen LogP contribution >= 0.6 is 12.2 Å². The smallest absolute Gasteiger partial charge is 0.189 e. The fourth-order valence-electron chi connectivity index (χ4n) is 2.99. The van der Waals surface area contributed by atoms with E-state index >= 15 is 0 Å². The van der Waals surface area contributed by atoms with Crippen LogP contribution < -0.4 is 10.2 Å². The lowest BCUT2D eigenvalue weighted by Gasteiger charge is -2.28. The van der Waals surface area contributed by atoms with Gasteiger partial charge in [0.1, 0.15) is 17.2 Å². The maximum absolute atomic E-state index is 10.4. The van der Waals surface area contributed by atoms with Crippen LogP contribution in [-0.4, -0.2) is 41.0 Å². The molecule has 5 nitrogen and oxygen atoms in total. The van der Waals surface area contributed by atoms with Gasteiger partial charge in [0.05, 0.1) is 7.11 Å². The molecule has 6 heteroatoms. The molecule has 136 valence electrons. The normalized spacial score (nSPS) is 14.8. The van der Waals surface area contributed by atoms with Crippen molar-refractivity contribution < 1.29 is 9.84 Å². The first-order valence-corrected chi connectivity index (χ1v) is 9.15. The number of thiocarbonyl (C=S) groups is 1. The van der Waals surface area contributed by atoms with Crippen LogP contribution in [0.1, 0.15) is 30.4 Å². The van der Waals surface area contributed by atoms with Gasteiger partial charge >= 0.3 is 0 Å². The first-order valence-electron chi connectivity index (χ1n) is 8.74. The molecule has 3 rings (SSSR count). The lowest BCUT2D eigenvalue weighted by Crippen LogP contribution is -2.41. The third-order valence-corrected chi connectivity index (χ3v) is 4.76. The van der Waals surface area contributed by atoms with E-state index in [1.165, 1.54) is 6.42 Å². The summed E-state index contributed by atoms with van der Waals surface area (Å²) in [5.74, 6) is 0.702.